The zero-order valence-corrected chi connectivity index (χ0v) is 13.4. The fourth-order valence-electron chi connectivity index (χ4n) is 2.67. The highest BCUT2D eigenvalue weighted by atomic mass is 32.1. The van der Waals surface area contributed by atoms with Crippen molar-refractivity contribution >= 4 is 11.3 Å². The van der Waals surface area contributed by atoms with Crippen molar-refractivity contribution in [2.45, 2.75) is 19.2 Å². The second kappa shape index (κ2) is 6.61. The van der Waals surface area contributed by atoms with Gasteiger partial charge >= 0.3 is 0 Å². The zero-order chi connectivity index (χ0) is 15.5. The third kappa shape index (κ3) is 3.49. The Kier molecular flexibility index (Phi) is 4.18. The van der Waals surface area contributed by atoms with Crippen LogP contribution in [0.1, 0.15) is 5.89 Å². The molecule has 1 saturated heterocycles. The second-order valence-electron chi connectivity index (χ2n) is 5.45. The Hall–Kier alpha value is -2.03. The van der Waals surface area contributed by atoms with E-state index in [1.807, 2.05) is 34.5 Å². The van der Waals surface area contributed by atoms with Gasteiger partial charge in [0.25, 0.3) is 0 Å². The largest absolute Gasteiger partial charge is 0.374 e. The number of nitrogens with zero attached hydrogens (tertiary/aromatic N) is 5. The molecule has 1 aliphatic rings. The van der Waals surface area contributed by atoms with E-state index in [9.17, 15) is 0 Å². The molecule has 120 valence electrons. The molecule has 0 saturated carbocycles. The molecule has 3 aromatic rings. The molecule has 1 atom stereocenters. The van der Waals surface area contributed by atoms with Crippen LogP contribution in [0.4, 0.5) is 0 Å². The summed E-state index contributed by atoms with van der Waals surface area (Å²) >= 11 is 1.61. The number of ether oxygens (including phenoxy) is 1. The molecule has 4 heterocycles. The van der Waals surface area contributed by atoms with Gasteiger partial charge in [0.2, 0.25) is 11.7 Å². The van der Waals surface area contributed by atoms with Crippen LogP contribution in [0.5, 0.6) is 0 Å². The summed E-state index contributed by atoms with van der Waals surface area (Å²) in [5, 5.41) is 10.3. The minimum atomic E-state index is 0.128. The quantitative estimate of drug-likeness (QED) is 0.711. The molecule has 0 unspecified atom stereocenters. The molecule has 3 aromatic heterocycles. The summed E-state index contributed by atoms with van der Waals surface area (Å²) in [6.45, 7) is 3.81. The molecular weight excluding hydrogens is 314 g/mol. The molecule has 1 aliphatic heterocycles. The van der Waals surface area contributed by atoms with Gasteiger partial charge in [-0.15, -0.1) is 11.3 Å². The van der Waals surface area contributed by atoms with Crippen LogP contribution in [-0.4, -0.2) is 50.6 Å². The van der Waals surface area contributed by atoms with Crippen LogP contribution in [0.2, 0.25) is 0 Å². The molecule has 0 bridgehead atoms. The SMILES string of the molecule is c1csc(-c2noc(CN3CCO[C@H](Cn4cccn4)C3)n2)c1. The summed E-state index contributed by atoms with van der Waals surface area (Å²) in [7, 11) is 0. The van der Waals surface area contributed by atoms with Crippen molar-refractivity contribution in [2.24, 2.45) is 0 Å². The molecule has 0 radical (unpaired) electrons. The van der Waals surface area contributed by atoms with Crippen molar-refractivity contribution in [3.63, 3.8) is 0 Å². The fraction of sp³-hybridized carbons (Fsp3) is 0.400. The van der Waals surface area contributed by atoms with Crippen LogP contribution in [-0.2, 0) is 17.8 Å². The lowest BCUT2D eigenvalue weighted by atomic mass is 10.2. The van der Waals surface area contributed by atoms with Gasteiger partial charge in [-0.1, -0.05) is 11.2 Å². The minimum absolute atomic E-state index is 0.128. The van der Waals surface area contributed by atoms with Gasteiger partial charge in [-0.05, 0) is 17.5 Å². The van der Waals surface area contributed by atoms with Crippen LogP contribution in [0.3, 0.4) is 0 Å². The van der Waals surface area contributed by atoms with Crippen molar-refractivity contribution in [1.29, 1.82) is 0 Å². The van der Waals surface area contributed by atoms with E-state index in [-0.39, 0.29) is 6.10 Å². The first kappa shape index (κ1) is 14.6. The average molecular weight is 331 g/mol. The maximum absolute atomic E-state index is 5.82. The molecule has 1 fully saturated rings. The lowest BCUT2D eigenvalue weighted by Crippen LogP contribution is -2.43. The van der Waals surface area contributed by atoms with Crippen molar-refractivity contribution in [3.05, 3.63) is 41.9 Å². The standard InChI is InChI=1S/C15H17N5O2S/c1-3-13(23-8-1)15-17-14(22-18-15)11-19-6-7-21-12(9-19)10-20-5-2-4-16-20/h1-5,8,12H,6-7,9-11H2/t12-/m0/s1. The molecule has 7 nitrogen and oxygen atoms in total. The van der Waals surface area contributed by atoms with Gasteiger partial charge in [-0.25, -0.2) is 0 Å². The van der Waals surface area contributed by atoms with Gasteiger partial charge in [-0.2, -0.15) is 10.1 Å². The summed E-state index contributed by atoms with van der Waals surface area (Å²) in [6, 6.07) is 5.90. The molecule has 4 rings (SSSR count). The average Bonchev–Trinajstić information content (AvgIpc) is 3.30. The van der Waals surface area contributed by atoms with E-state index < -0.39 is 0 Å². The monoisotopic (exact) mass is 331 g/mol. The predicted octanol–water partition coefficient (Wildman–Crippen LogP) is 1.90. The first-order valence-corrected chi connectivity index (χ1v) is 8.42. The smallest absolute Gasteiger partial charge is 0.241 e. The lowest BCUT2D eigenvalue weighted by Gasteiger charge is -2.31. The summed E-state index contributed by atoms with van der Waals surface area (Å²) in [5.74, 6) is 1.31. The Bertz CT molecular complexity index is 725. The van der Waals surface area contributed by atoms with Gasteiger partial charge in [0.1, 0.15) is 0 Å². The maximum atomic E-state index is 5.82. The predicted molar refractivity (Wildman–Crippen MR) is 84.9 cm³/mol. The van der Waals surface area contributed by atoms with Gasteiger partial charge in [-0.3, -0.25) is 9.58 Å². The van der Waals surface area contributed by atoms with E-state index >= 15 is 0 Å². The Morgan fingerprint density at radius 2 is 2.35 bits per heavy atom. The molecule has 0 amide bonds. The number of hydrogen-bond donors (Lipinski definition) is 0. The van der Waals surface area contributed by atoms with Crippen molar-refractivity contribution in [3.8, 4) is 10.7 Å². The van der Waals surface area contributed by atoms with E-state index in [4.69, 9.17) is 9.26 Å². The van der Waals surface area contributed by atoms with E-state index in [2.05, 4.69) is 20.1 Å². The van der Waals surface area contributed by atoms with Gasteiger partial charge in [0, 0.05) is 25.5 Å². The first-order chi connectivity index (χ1) is 11.4. The molecule has 8 heteroatoms. The topological polar surface area (TPSA) is 69.2 Å². The number of aromatic nitrogens is 4. The van der Waals surface area contributed by atoms with Gasteiger partial charge < -0.3 is 9.26 Å². The highest BCUT2D eigenvalue weighted by Gasteiger charge is 2.23. The summed E-state index contributed by atoms with van der Waals surface area (Å²) in [5.41, 5.74) is 0. The van der Waals surface area contributed by atoms with Crippen LogP contribution < -0.4 is 0 Å². The van der Waals surface area contributed by atoms with Gasteiger partial charge in [0.15, 0.2) is 0 Å². The number of morpholine rings is 1. The third-order valence-corrected chi connectivity index (χ3v) is 4.61. The summed E-state index contributed by atoms with van der Waals surface area (Å²) in [6.07, 6.45) is 3.86. The summed E-state index contributed by atoms with van der Waals surface area (Å²) < 4.78 is 13.1. The van der Waals surface area contributed by atoms with E-state index in [1.165, 1.54) is 0 Å². The lowest BCUT2D eigenvalue weighted by molar-refractivity contribution is -0.0426. The Morgan fingerprint density at radius 3 is 3.17 bits per heavy atom. The molecule has 0 aliphatic carbocycles. The number of hydrogen-bond acceptors (Lipinski definition) is 7. The van der Waals surface area contributed by atoms with E-state index in [0.29, 0.717) is 24.9 Å². The van der Waals surface area contributed by atoms with E-state index in [0.717, 1.165) is 24.5 Å². The molecule has 0 N–H and O–H groups in total. The van der Waals surface area contributed by atoms with Crippen LogP contribution in [0.15, 0.2) is 40.5 Å². The Labute approximate surface area is 137 Å². The highest BCUT2D eigenvalue weighted by molar-refractivity contribution is 7.13. The van der Waals surface area contributed by atoms with Crippen LogP contribution in [0, 0.1) is 0 Å². The molecule has 0 aromatic carbocycles. The molecular formula is C15H17N5O2S. The fourth-order valence-corrected chi connectivity index (χ4v) is 3.32. The normalized spacial score (nSPS) is 19.2. The number of thiophene rings is 1. The highest BCUT2D eigenvalue weighted by Crippen LogP contribution is 2.21. The molecule has 23 heavy (non-hydrogen) atoms. The first-order valence-electron chi connectivity index (χ1n) is 7.55. The van der Waals surface area contributed by atoms with Gasteiger partial charge in [0.05, 0.1) is 30.7 Å². The van der Waals surface area contributed by atoms with Crippen LogP contribution in [0.25, 0.3) is 10.7 Å². The van der Waals surface area contributed by atoms with Crippen molar-refractivity contribution in [2.75, 3.05) is 19.7 Å². The van der Waals surface area contributed by atoms with Crippen LogP contribution >= 0.6 is 11.3 Å². The second-order valence-corrected chi connectivity index (χ2v) is 6.39. The minimum Gasteiger partial charge on any atom is -0.374 e. The molecule has 0 spiro atoms. The Balaban J connectivity index is 1.37. The maximum Gasteiger partial charge on any atom is 0.241 e. The van der Waals surface area contributed by atoms with Crippen molar-refractivity contribution < 1.29 is 9.26 Å². The van der Waals surface area contributed by atoms with E-state index in [1.54, 1.807) is 17.5 Å². The summed E-state index contributed by atoms with van der Waals surface area (Å²) in [4.78, 5) is 7.79. The Morgan fingerprint density at radius 1 is 1.35 bits per heavy atom. The number of rotatable bonds is 5. The zero-order valence-electron chi connectivity index (χ0n) is 12.5. The third-order valence-electron chi connectivity index (χ3n) is 3.74. The van der Waals surface area contributed by atoms with Crippen molar-refractivity contribution in [1.82, 2.24) is 24.8 Å².